The summed E-state index contributed by atoms with van der Waals surface area (Å²) in [6.07, 6.45) is 51.5. The van der Waals surface area contributed by atoms with E-state index in [4.69, 9.17) is 0 Å². The molecule has 0 aliphatic rings. The summed E-state index contributed by atoms with van der Waals surface area (Å²) in [6, 6.07) is 6.97. The summed E-state index contributed by atoms with van der Waals surface area (Å²) < 4.78 is 0. The van der Waals surface area contributed by atoms with Crippen LogP contribution in [0, 0.1) is 6.92 Å². The Morgan fingerprint density at radius 1 is 0.311 bits per heavy atom. The minimum atomic E-state index is 1.23. The molecule has 0 heterocycles. The van der Waals surface area contributed by atoms with Crippen LogP contribution in [0.4, 0.5) is 0 Å². The van der Waals surface area contributed by atoms with Crippen molar-refractivity contribution in [2.75, 3.05) is 0 Å². The summed E-state index contributed by atoms with van der Waals surface area (Å²) in [6.45, 7) is 9.12. The standard InChI is InChI=1S/C45H83/c1-4-6-8-10-12-14-16-18-20-22-24-26-28-30-32-34-36-39-44-41-38-42-45(43(44)3)40-37-35-33-31-29-27-25-23-21-19-17-15-13-11-9-7-5-2/h38,41-42H,3-37,39-40H2,1-2H3. The van der Waals surface area contributed by atoms with Crippen LogP contribution in [0.1, 0.15) is 249 Å². The first kappa shape index (κ1) is 42.2. The Kier molecular flexibility index (Phi) is 32.4. The van der Waals surface area contributed by atoms with Crippen LogP contribution in [-0.2, 0) is 12.8 Å². The second kappa shape index (κ2) is 34.6. The average Bonchev–Trinajstić information content (AvgIpc) is 3.05. The molecule has 1 radical (unpaired) electrons. The molecule has 0 saturated heterocycles. The molecule has 1 aromatic rings. The number of hydrogen-bond acceptors (Lipinski definition) is 0. The van der Waals surface area contributed by atoms with Crippen LogP contribution in [0.2, 0.25) is 0 Å². The zero-order valence-corrected chi connectivity index (χ0v) is 31.4. The molecule has 0 aromatic heterocycles. The summed E-state index contributed by atoms with van der Waals surface area (Å²) in [5, 5.41) is 0. The highest BCUT2D eigenvalue weighted by atomic mass is 14.1. The van der Waals surface area contributed by atoms with Crippen LogP contribution in [0.3, 0.4) is 0 Å². The van der Waals surface area contributed by atoms with Gasteiger partial charge < -0.3 is 0 Å². The van der Waals surface area contributed by atoms with E-state index in [-0.39, 0.29) is 0 Å². The van der Waals surface area contributed by atoms with Crippen LogP contribution in [0.5, 0.6) is 0 Å². The van der Waals surface area contributed by atoms with E-state index in [9.17, 15) is 0 Å². The minimum absolute atomic E-state index is 1.23. The van der Waals surface area contributed by atoms with E-state index in [1.165, 1.54) is 248 Å². The van der Waals surface area contributed by atoms with Gasteiger partial charge >= 0.3 is 0 Å². The molecule has 0 spiro atoms. The molecule has 0 aliphatic heterocycles. The second-order valence-electron chi connectivity index (χ2n) is 14.9. The van der Waals surface area contributed by atoms with Crippen LogP contribution in [0.25, 0.3) is 0 Å². The Labute approximate surface area is 286 Å². The quantitative estimate of drug-likeness (QED) is 0.0652. The van der Waals surface area contributed by atoms with Crippen molar-refractivity contribution in [1.29, 1.82) is 0 Å². The molecule has 0 aliphatic carbocycles. The molecule has 0 atom stereocenters. The smallest absolute Gasteiger partial charge is 0.0233 e. The lowest BCUT2D eigenvalue weighted by atomic mass is 9.94. The SMILES string of the molecule is [CH2]c1c(CCCCCCCCCCCCCCCCCCC)cccc1CCCCCCCCCCCCCCCCCCC. The molecular weight excluding hydrogens is 540 g/mol. The third-order valence-corrected chi connectivity index (χ3v) is 10.5. The van der Waals surface area contributed by atoms with Gasteiger partial charge in [0, 0.05) is 0 Å². The predicted octanol–water partition coefficient (Wildman–Crippen LogP) is 16.3. The Bertz CT molecular complexity index is 646. The lowest BCUT2D eigenvalue weighted by molar-refractivity contribution is 0.527. The molecule has 1 aromatic carbocycles. The molecule has 0 saturated carbocycles. The molecule has 0 unspecified atom stereocenters. The van der Waals surface area contributed by atoms with E-state index in [1.807, 2.05) is 0 Å². The van der Waals surface area contributed by atoms with Crippen molar-refractivity contribution in [2.45, 2.75) is 245 Å². The van der Waals surface area contributed by atoms with Gasteiger partial charge in [0.1, 0.15) is 0 Å². The minimum Gasteiger partial charge on any atom is -0.0654 e. The number of hydrogen-bond donors (Lipinski definition) is 0. The lowest BCUT2D eigenvalue weighted by Gasteiger charge is -2.11. The van der Waals surface area contributed by atoms with Crippen molar-refractivity contribution < 1.29 is 0 Å². The first-order valence-corrected chi connectivity index (χ1v) is 21.2. The van der Waals surface area contributed by atoms with Crippen molar-refractivity contribution in [3.63, 3.8) is 0 Å². The van der Waals surface area contributed by atoms with Gasteiger partial charge in [0.05, 0.1) is 0 Å². The van der Waals surface area contributed by atoms with Gasteiger partial charge in [0.15, 0.2) is 0 Å². The van der Waals surface area contributed by atoms with Gasteiger partial charge in [-0.15, -0.1) is 0 Å². The molecule has 0 heteroatoms. The van der Waals surface area contributed by atoms with Crippen molar-refractivity contribution in [2.24, 2.45) is 0 Å². The van der Waals surface area contributed by atoms with E-state index in [0.717, 1.165) is 0 Å². The van der Waals surface area contributed by atoms with Gasteiger partial charge in [0.25, 0.3) is 0 Å². The van der Waals surface area contributed by atoms with Crippen LogP contribution >= 0.6 is 0 Å². The molecule has 45 heavy (non-hydrogen) atoms. The van der Waals surface area contributed by atoms with E-state index in [2.05, 4.69) is 39.0 Å². The second-order valence-corrected chi connectivity index (χ2v) is 14.9. The van der Waals surface area contributed by atoms with Crippen LogP contribution in [0.15, 0.2) is 18.2 Å². The zero-order valence-electron chi connectivity index (χ0n) is 31.4. The molecule has 0 nitrogen and oxygen atoms in total. The fourth-order valence-corrected chi connectivity index (χ4v) is 7.24. The van der Waals surface area contributed by atoms with Crippen LogP contribution in [-0.4, -0.2) is 0 Å². The van der Waals surface area contributed by atoms with Crippen LogP contribution < -0.4 is 0 Å². The maximum Gasteiger partial charge on any atom is -0.0233 e. The fraction of sp³-hybridized carbons (Fsp3) is 0.844. The molecule has 0 N–H and O–H groups in total. The van der Waals surface area contributed by atoms with E-state index in [1.54, 1.807) is 0 Å². The average molecular weight is 624 g/mol. The maximum atomic E-state index is 4.51. The summed E-state index contributed by atoms with van der Waals surface area (Å²) in [4.78, 5) is 0. The van der Waals surface area contributed by atoms with Crippen molar-refractivity contribution in [3.8, 4) is 0 Å². The van der Waals surface area contributed by atoms with Crippen molar-refractivity contribution >= 4 is 0 Å². The van der Waals surface area contributed by atoms with Crippen molar-refractivity contribution in [3.05, 3.63) is 41.8 Å². The third-order valence-electron chi connectivity index (χ3n) is 10.5. The zero-order chi connectivity index (χ0) is 32.3. The number of unbranched alkanes of at least 4 members (excludes halogenated alkanes) is 32. The predicted molar refractivity (Wildman–Crippen MR) is 207 cm³/mol. The van der Waals surface area contributed by atoms with Gasteiger partial charge in [-0.1, -0.05) is 238 Å². The van der Waals surface area contributed by atoms with Gasteiger partial charge in [-0.3, -0.25) is 0 Å². The lowest BCUT2D eigenvalue weighted by Crippen LogP contribution is -1.97. The first-order valence-electron chi connectivity index (χ1n) is 21.2. The monoisotopic (exact) mass is 624 g/mol. The first-order chi connectivity index (χ1) is 22.3. The topological polar surface area (TPSA) is 0 Å². The maximum absolute atomic E-state index is 4.51. The molecule has 263 valence electrons. The molecule has 0 amide bonds. The molecule has 0 bridgehead atoms. The largest absolute Gasteiger partial charge is 0.0654 e. The number of rotatable bonds is 36. The number of benzene rings is 1. The molecular formula is C45H83. The van der Waals surface area contributed by atoms with Gasteiger partial charge in [-0.2, -0.15) is 0 Å². The normalized spacial score (nSPS) is 11.5. The Morgan fingerprint density at radius 2 is 0.511 bits per heavy atom. The third kappa shape index (κ3) is 28.0. The van der Waals surface area contributed by atoms with E-state index < -0.39 is 0 Å². The Balaban J connectivity index is 1.90. The Morgan fingerprint density at radius 3 is 0.733 bits per heavy atom. The summed E-state index contributed by atoms with van der Waals surface area (Å²) in [5.74, 6) is 0. The molecule has 0 fully saturated rings. The van der Waals surface area contributed by atoms with Gasteiger partial charge in [-0.25, -0.2) is 0 Å². The van der Waals surface area contributed by atoms with Crippen molar-refractivity contribution in [1.82, 2.24) is 0 Å². The highest BCUT2D eigenvalue weighted by Gasteiger charge is 2.05. The summed E-state index contributed by atoms with van der Waals surface area (Å²) in [5.41, 5.74) is 4.38. The summed E-state index contributed by atoms with van der Waals surface area (Å²) in [7, 11) is 0. The van der Waals surface area contributed by atoms with Gasteiger partial charge in [0.2, 0.25) is 0 Å². The summed E-state index contributed by atoms with van der Waals surface area (Å²) >= 11 is 0. The van der Waals surface area contributed by atoms with E-state index >= 15 is 0 Å². The van der Waals surface area contributed by atoms with E-state index in [0.29, 0.717) is 0 Å². The highest BCUT2D eigenvalue weighted by molar-refractivity contribution is 5.37. The molecule has 1 rings (SSSR count). The fourth-order valence-electron chi connectivity index (χ4n) is 7.24. The van der Waals surface area contributed by atoms with Gasteiger partial charge in [-0.05, 0) is 49.3 Å². The number of aryl methyl sites for hydroxylation is 2. The Hall–Kier alpha value is -0.780. The highest BCUT2D eigenvalue weighted by Crippen LogP contribution is 2.21.